The number of pyridine rings is 1. The minimum Gasteiger partial charge on any atom is -0.302 e. The Balaban J connectivity index is 2.36. The van der Waals surface area contributed by atoms with E-state index in [-0.39, 0.29) is 0 Å². The third-order valence-electron chi connectivity index (χ3n) is 1.89. The Labute approximate surface area is 86.3 Å². The van der Waals surface area contributed by atoms with Crippen LogP contribution in [0, 0.1) is 0 Å². The minimum atomic E-state index is 0.506. The van der Waals surface area contributed by atoms with E-state index in [1.807, 2.05) is 24.3 Å². The van der Waals surface area contributed by atoms with Gasteiger partial charge in [0.2, 0.25) is 0 Å². The van der Waals surface area contributed by atoms with Gasteiger partial charge in [0, 0.05) is 16.5 Å². The largest absolute Gasteiger partial charge is 0.302 e. The summed E-state index contributed by atoms with van der Waals surface area (Å²) < 4.78 is 0. The van der Waals surface area contributed by atoms with Gasteiger partial charge in [0.25, 0.3) is 0 Å². The lowest BCUT2D eigenvalue weighted by atomic mass is 10.2. The van der Waals surface area contributed by atoms with E-state index < -0.39 is 0 Å². The Bertz CT molecular complexity index is 456. The van der Waals surface area contributed by atoms with Crippen LogP contribution in [0.25, 0.3) is 10.9 Å². The van der Waals surface area contributed by atoms with Crippen molar-refractivity contribution >= 4 is 29.0 Å². The molecule has 70 valence electrons. The van der Waals surface area contributed by atoms with Gasteiger partial charge < -0.3 is 4.79 Å². The molecular formula is C11H9NOS. The van der Waals surface area contributed by atoms with Crippen LogP contribution in [0.3, 0.4) is 0 Å². The summed E-state index contributed by atoms with van der Waals surface area (Å²) in [6, 6.07) is 9.95. The van der Waals surface area contributed by atoms with Gasteiger partial charge in [-0.15, -0.1) is 11.8 Å². The minimum absolute atomic E-state index is 0.506. The fourth-order valence-electron chi connectivity index (χ4n) is 1.27. The smallest absolute Gasteiger partial charge is 0.130 e. The van der Waals surface area contributed by atoms with Crippen LogP contribution in [-0.4, -0.2) is 17.0 Å². The Morgan fingerprint density at radius 1 is 1.36 bits per heavy atom. The fraction of sp³-hybridized carbons (Fsp3) is 0.0909. The van der Waals surface area contributed by atoms with Gasteiger partial charge in [0.15, 0.2) is 0 Å². The van der Waals surface area contributed by atoms with Crippen LogP contribution in [0.15, 0.2) is 41.4 Å². The van der Waals surface area contributed by atoms with Gasteiger partial charge in [-0.2, -0.15) is 0 Å². The lowest BCUT2D eigenvalue weighted by Gasteiger charge is -1.99. The first-order valence-electron chi connectivity index (χ1n) is 4.31. The van der Waals surface area contributed by atoms with Gasteiger partial charge in [-0.05, 0) is 24.3 Å². The predicted octanol–water partition coefficient (Wildman–Crippen LogP) is 2.53. The molecule has 14 heavy (non-hydrogen) atoms. The number of rotatable bonds is 3. The Morgan fingerprint density at radius 2 is 2.29 bits per heavy atom. The topological polar surface area (TPSA) is 30.0 Å². The van der Waals surface area contributed by atoms with E-state index in [0.29, 0.717) is 5.75 Å². The Kier molecular flexibility index (Phi) is 2.79. The Morgan fingerprint density at radius 3 is 3.14 bits per heavy atom. The van der Waals surface area contributed by atoms with Gasteiger partial charge in [-0.3, -0.25) is 4.98 Å². The summed E-state index contributed by atoms with van der Waals surface area (Å²) in [5, 5.41) is 1.11. The van der Waals surface area contributed by atoms with Crippen molar-refractivity contribution < 1.29 is 4.79 Å². The van der Waals surface area contributed by atoms with Crippen LogP contribution in [0.5, 0.6) is 0 Å². The fourth-order valence-corrected chi connectivity index (χ4v) is 1.91. The van der Waals surface area contributed by atoms with Crippen molar-refractivity contribution in [1.29, 1.82) is 0 Å². The molecule has 0 aliphatic carbocycles. The highest BCUT2D eigenvalue weighted by atomic mass is 32.2. The number of hydrogen-bond donors (Lipinski definition) is 0. The number of carbonyl (C=O) groups is 1. The van der Waals surface area contributed by atoms with Crippen LogP contribution in [0.1, 0.15) is 0 Å². The first-order valence-corrected chi connectivity index (χ1v) is 5.30. The number of nitrogens with zero attached hydrogens (tertiary/aromatic N) is 1. The summed E-state index contributed by atoms with van der Waals surface area (Å²) in [5.74, 6) is 0.506. The maximum absolute atomic E-state index is 10.2. The number of benzene rings is 1. The third kappa shape index (κ3) is 1.93. The molecule has 0 unspecified atom stereocenters. The summed E-state index contributed by atoms with van der Waals surface area (Å²) in [6.45, 7) is 0. The predicted molar refractivity (Wildman–Crippen MR) is 58.5 cm³/mol. The number of hydrogen-bond acceptors (Lipinski definition) is 3. The van der Waals surface area contributed by atoms with E-state index in [4.69, 9.17) is 0 Å². The zero-order chi connectivity index (χ0) is 9.80. The van der Waals surface area contributed by atoms with E-state index in [2.05, 4.69) is 11.1 Å². The van der Waals surface area contributed by atoms with Gasteiger partial charge in [0.05, 0.1) is 11.3 Å². The molecular weight excluding hydrogens is 194 g/mol. The summed E-state index contributed by atoms with van der Waals surface area (Å²) in [7, 11) is 0. The molecule has 0 radical (unpaired) electrons. The maximum Gasteiger partial charge on any atom is 0.130 e. The molecule has 0 N–H and O–H groups in total. The zero-order valence-electron chi connectivity index (χ0n) is 7.51. The number of aldehydes is 1. The molecule has 2 rings (SSSR count). The molecule has 0 saturated heterocycles. The molecule has 0 bridgehead atoms. The van der Waals surface area contributed by atoms with Crippen molar-refractivity contribution in [2.24, 2.45) is 0 Å². The van der Waals surface area contributed by atoms with Crippen LogP contribution in [-0.2, 0) is 4.79 Å². The normalized spacial score (nSPS) is 10.3. The lowest BCUT2D eigenvalue weighted by molar-refractivity contribution is -0.105. The molecule has 1 aromatic carbocycles. The molecule has 2 aromatic rings. The van der Waals surface area contributed by atoms with E-state index in [9.17, 15) is 4.79 Å². The zero-order valence-corrected chi connectivity index (χ0v) is 8.33. The number of fused-ring (bicyclic) bond motifs is 1. The molecule has 3 heteroatoms. The van der Waals surface area contributed by atoms with Gasteiger partial charge in [0.1, 0.15) is 6.29 Å². The lowest BCUT2D eigenvalue weighted by Crippen LogP contribution is -1.81. The van der Waals surface area contributed by atoms with Crippen molar-refractivity contribution in [2.45, 2.75) is 4.90 Å². The molecule has 0 fully saturated rings. The molecule has 1 heterocycles. The second kappa shape index (κ2) is 4.24. The summed E-state index contributed by atoms with van der Waals surface area (Å²) >= 11 is 1.54. The van der Waals surface area contributed by atoms with Crippen molar-refractivity contribution in [1.82, 2.24) is 4.98 Å². The summed E-state index contributed by atoms with van der Waals surface area (Å²) in [4.78, 5) is 15.5. The second-order valence-corrected chi connectivity index (χ2v) is 3.93. The number of thioether (sulfide) groups is 1. The van der Waals surface area contributed by atoms with Crippen molar-refractivity contribution in [3.05, 3.63) is 36.5 Å². The number of carbonyl (C=O) groups excluding carboxylic acids is 1. The van der Waals surface area contributed by atoms with Crippen molar-refractivity contribution in [3.8, 4) is 0 Å². The van der Waals surface area contributed by atoms with Crippen molar-refractivity contribution in [3.63, 3.8) is 0 Å². The SMILES string of the molecule is O=CCSc1ccc2ncccc2c1. The van der Waals surface area contributed by atoms with Crippen LogP contribution in [0.4, 0.5) is 0 Å². The molecule has 1 aromatic heterocycles. The van der Waals surface area contributed by atoms with E-state index in [0.717, 1.165) is 22.1 Å². The third-order valence-corrected chi connectivity index (χ3v) is 2.78. The van der Waals surface area contributed by atoms with Crippen LogP contribution >= 0.6 is 11.8 Å². The monoisotopic (exact) mass is 203 g/mol. The molecule has 0 saturated carbocycles. The van der Waals surface area contributed by atoms with Gasteiger partial charge in [-0.25, -0.2) is 0 Å². The van der Waals surface area contributed by atoms with E-state index in [1.54, 1.807) is 6.20 Å². The summed E-state index contributed by atoms with van der Waals surface area (Å²) in [5.41, 5.74) is 0.989. The number of aromatic nitrogens is 1. The second-order valence-electron chi connectivity index (χ2n) is 2.84. The average molecular weight is 203 g/mol. The molecule has 0 spiro atoms. The highest BCUT2D eigenvalue weighted by Gasteiger charge is 1.96. The molecule has 0 atom stereocenters. The average Bonchev–Trinajstić information content (AvgIpc) is 2.26. The van der Waals surface area contributed by atoms with Gasteiger partial charge in [-0.1, -0.05) is 6.07 Å². The highest BCUT2D eigenvalue weighted by molar-refractivity contribution is 7.99. The summed E-state index contributed by atoms with van der Waals surface area (Å²) in [6.07, 6.45) is 2.69. The van der Waals surface area contributed by atoms with Gasteiger partial charge >= 0.3 is 0 Å². The standard InChI is InChI=1S/C11H9NOS/c13-6-7-14-10-3-4-11-9(8-10)2-1-5-12-11/h1-6,8H,7H2. The first-order chi connectivity index (χ1) is 6.90. The molecule has 0 amide bonds. The van der Waals surface area contributed by atoms with Crippen molar-refractivity contribution in [2.75, 3.05) is 5.75 Å². The van der Waals surface area contributed by atoms with Crippen LogP contribution < -0.4 is 0 Å². The maximum atomic E-state index is 10.2. The van der Waals surface area contributed by atoms with E-state index in [1.165, 1.54) is 11.8 Å². The van der Waals surface area contributed by atoms with Crippen LogP contribution in [0.2, 0.25) is 0 Å². The van der Waals surface area contributed by atoms with E-state index >= 15 is 0 Å². The molecule has 0 aliphatic heterocycles. The quantitative estimate of drug-likeness (QED) is 0.567. The first kappa shape index (κ1) is 9.21. The Hall–Kier alpha value is -1.35. The molecule has 2 nitrogen and oxygen atoms in total. The highest BCUT2D eigenvalue weighted by Crippen LogP contribution is 2.21. The molecule has 0 aliphatic rings.